The monoisotopic (exact) mass is 736 g/mol. The third-order valence-electron chi connectivity index (χ3n) is 5.89. The maximum Gasteiger partial charge on any atom is 0.436 e. The molecule has 5 aromatic rings. The Morgan fingerprint density at radius 2 is 1.43 bits per heavy atom. The van der Waals surface area contributed by atoms with Gasteiger partial charge in [0.15, 0.2) is 10.8 Å². The molecule has 0 saturated heterocycles. The molecule has 2 heterocycles. The topological polar surface area (TPSA) is 59.8 Å². The van der Waals surface area contributed by atoms with E-state index in [1.807, 2.05) is 6.92 Å². The molecule has 0 radical (unpaired) electrons. The summed E-state index contributed by atoms with van der Waals surface area (Å²) in [7, 11) is -0.446. The first-order valence-electron chi connectivity index (χ1n) is 12.9. The molecule has 0 bridgehead atoms. The van der Waals surface area contributed by atoms with Crippen molar-refractivity contribution in [2.75, 3.05) is 5.32 Å². The summed E-state index contributed by atoms with van der Waals surface area (Å²) >= 11 is 7.28. The average molecular weight is 738 g/mol. The van der Waals surface area contributed by atoms with Crippen molar-refractivity contribution >= 4 is 78.1 Å². The van der Waals surface area contributed by atoms with E-state index in [0.717, 1.165) is 8.47 Å². The number of aromatic nitrogens is 3. The molecule has 1 unspecified atom stereocenters. The first kappa shape index (κ1) is 32.1. The standard InChI is InChI=1S/C18H15P.C12H11Br2F3N4OS/c1-4-10-16(11-5-1)19(17-12-6-2-7-13-17)18-14-8-3-9-15-18;1-2-3-7(10(22)19-11-18-4-8(14)23-11)21-5-6(13)9(20-21)12(15,16)17/h1-15H;4-5,7H,2-3H2,1H3,(H,18,19,22). The van der Waals surface area contributed by atoms with Crippen molar-refractivity contribution in [2.24, 2.45) is 0 Å². The van der Waals surface area contributed by atoms with Crippen LogP contribution in [0.4, 0.5) is 18.3 Å². The van der Waals surface area contributed by atoms with Gasteiger partial charge in [-0.3, -0.25) is 9.48 Å². The number of anilines is 1. The number of carbonyl (C=O) groups is 1. The zero-order valence-electron chi connectivity index (χ0n) is 22.3. The first-order chi connectivity index (χ1) is 20.2. The number of amides is 1. The number of thiazole rings is 1. The predicted molar refractivity (Wildman–Crippen MR) is 172 cm³/mol. The highest BCUT2D eigenvalue weighted by Gasteiger charge is 2.38. The lowest BCUT2D eigenvalue weighted by Gasteiger charge is -2.18. The van der Waals surface area contributed by atoms with Gasteiger partial charge in [-0.1, -0.05) is 116 Å². The van der Waals surface area contributed by atoms with Crippen LogP contribution in [0.5, 0.6) is 0 Å². The molecule has 0 aliphatic carbocycles. The number of rotatable bonds is 8. The number of halogens is 5. The maximum atomic E-state index is 12.8. The largest absolute Gasteiger partial charge is 0.436 e. The van der Waals surface area contributed by atoms with Gasteiger partial charge in [0.25, 0.3) is 5.91 Å². The minimum Gasteiger partial charge on any atom is -0.300 e. The molecular formula is C30H26Br2F3N4OPS. The summed E-state index contributed by atoms with van der Waals surface area (Å²) in [5.41, 5.74) is -1.05. The fraction of sp³-hybridized carbons (Fsp3) is 0.167. The van der Waals surface area contributed by atoms with Crippen LogP contribution in [0.1, 0.15) is 31.5 Å². The Kier molecular flexibility index (Phi) is 11.5. The maximum absolute atomic E-state index is 12.8. The Morgan fingerprint density at radius 3 is 1.81 bits per heavy atom. The van der Waals surface area contributed by atoms with Gasteiger partial charge < -0.3 is 5.32 Å². The van der Waals surface area contributed by atoms with Crippen LogP contribution in [-0.2, 0) is 11.0 Å². The lowest BCUT2D eigenvalue weighted by molar-refractivity contribution is -0.142. The smallest absolute Gasteiger partial charge is 0.300 e. The van der Waals surface area contributed by atoms with E-state index in [9.17, 15) is 18.0 Å². The minimum atomic E-state index is -4.59. The van der Waals surface area contributed by atoms with Gasteiger partial charge in [-0.25, -0.2) is 4.98 Å². The molecule has 12 heteroatoms. The van der Waals surface area contributed by atoms with Gasteiger partial charge in [0, 0.05) is 6.20 Å². The Bertz CT molecular complexity index is 1470. The molecule has 1 N–H and O–H groups in total. The summed E-state index contributed by atoms with van der Waals surface area (Å²) in [4.78, 5) is 16.3. The highest BCUT2D eigenvalue weighted by Crippen LogP contribution is 2.35. The highest BCUT2D eigenvalue weighted by molar-refractivity contribution is 9.11. The van der Waals surface area contributed by atoms with Gasteiger partial charge in [0.2, 0.25) is 0 Å². The van der Waals surface area contributed by atoms with E-state index in [2.05, 4.69) is 138 Å². The summed E-state index contributed by atoms with van der Waals surface area (Å²) in [6.45, 7) is 1.84. The van der Waals surface area contributed by atoms with Crippen molar-refractivity contribution in [3.63, 3.8) is 0 Å². The average Bonchev–Trinajstić information content (AvgIpc) is 3.58. The molecule has 5 nitrogen and oxygen atoms in total. The SMILES string of the molecule is CCCC(C(=O)Nc1ncc(Br)s1)n1cc(Br)c(C(F)(F)F)n1.c1ccc(P(c2ccccc2)c2ccccc2)cc1. The first-order valence-corrected chi connectivity index (χ1v) is 16.6. The van der Waals surface area contributed by atoms with E-state index < -0.39 is 31.7 Å². The number of alkyl halides is 3. The van der Waals surface area contributed by atoms with E-state index in [1.54, 1.807) is 0 Å². The molecule has 42 heavy (non-hydrogen) atoms. The molecular weight excluding hydrogens is 712 g/mol. The molecule has 2 aromatic heterocycles. The van der Waals surface area contributed by atoms with Gasteiger partial charge in [-0.05, 0) is 62.1 Å². The zero-order chi connectivity index (χ0) is 30.1. The van der Waals surface area contributed by atoms with Crippen molar-refractivity contribution in [3.05, 3.63) is 117 Å². The van der Waals surface area contributed by atoms with E-state index in [0.29, 0.717) is 18.0 Å². The molecule has 0 saturated carbocycles. The lowest BCUT2D eigenvalue weighted by Crippen LogP contribution is -2.26. The molecule has 1 atom stereocenters. The van der Waals surface area contributed by atoms with Crippen molar-refractivity contribution in [3.8, 4) is 0 Å². The number of nitrogens with zero attached hydrogens (tertiary/aromatic N) is 3. The van der Waals surface area contributed by atoms with Gasteiger partial charge in [-0.15, -0.1) is 0 Å². The summed E-state index contributed by atoms with van der Waals surface area (Å²) in [5, 5.41) is 10.7. The molecule has 0 spiro atoms. The second-order valence-corrected chi connectivity index (χ2v) is 14.4. The van der Waals surface area contributed by atoms with E-state index in [1.165, 1.54) is 39.6 Å². The van der Waals surface area contributed by atoms with Crippen LogP contribution < -0.4 is 21.2 Å². The van der Waals surface area contributed by atoms with Gasteiger partial charge >= 0.3 is 6.18 Å². The van der Waals surface area contributed by atoms with E-state index in [-0.39, 0.29) is 4.47 Å². The van der Waals surface area contributed by atoms with Crippen LogP contribution in [0.2, 0.25) is 0 Å². The molecule has 0 aliphatic rings. The van der Waals surface area contributed by atoms with Gasteiger partial charge in [-0.2, -0.15) is 18.3 Å². The number of carbonyl (C=O) groups excluding carboxylic acids is 1. The Balaban J connectivity index is 0.000000196. The number of hydrogen-bond donors (Lipinski definition) is 1. The van der Waals surface area contributed by atoms with E-state index >= 15 is 0 Å². The van der Waals surface area contributed by atoms with Crippen LogP contribution in [0.25, 0.3) is 0 Å². The Hall–Kier alpha value is -2.85. The molecule has 0 aliphatic heterocycles. The van der Waals surface area contributed by atoms with Crippen LogP contribution in [0, 0.1) is 0 Å². The second kappa shape index (κ2) is 15.0. The molecule has 5 rings (SSSR count). The Labute approximate surface area is 264 Å². The lowest BCUT2D eigenvalue weighted by atomic mass is 10.1. The van der Waals surface area contributed by atoms with Crippen LogP contribution in [0.15, 0.2) is 112 Å². The summed E-state index contributed by atoms with van der Waals surface area (Å²) in [6.07, 6.45) is -0.929. The number of benzene rings is 3. The van der Waals surface area contributed by atoms with Gasteiger partial charge in [0.1, 0.15) is 6.04 Å². The molecule has 1 amide bonds. The van der Waals surface area contributed by atoms with Crippen molar-refractivity contribution < 1.29 is 18.0 Å². The Morgan fingerprint density at radius 1 is 0.929 bits per heavy atom. The summed E-state index contributed by atoms with van der Waals surface area (Å²) in [5.74, 6) is -0.461. The van der Waals surface area contributed by atoms with Crippen molar-refractivity contribution in [2.45, 2.75) is 32.0 Å². The molecule has 3 aromatic carbocycles. The summed E-state index contributed by atoms with van der Waals surface area (Å²) in [6, 6.07) is 31.5. The normalized spacial score (nSPS) is 12.0. The fourth-order valence-corrected chi connectivity index (χ4v) is 7.99. The zero-order valence-corrected chi connectivity index (χ0v) is 27.2. The number of hydrogen-bond acceptors (Lipinski definition) is 4. The second-order valence-electron chi connectivity index (χ2n) is 8.91. The quantitative estimate of drug-likeness (QED) is 0.163. The van der Waals surface area contributed by atoms with Crippen LogP contribution in [0.3, 0.4) is 0 Å². The number of nitrogens with one attached hydrogen (secondary N) is 1. The third-order valence-corrected chi connectivity index (χ3v) is 10.3. The summed E-state index contributed by atoms with van der Waals surface area (Å²) < 4.78 is 40.1. The van der Waals surface area contributed by atoms with Crippen LogP contribution in [-0.4, -0.2) is 20.7 Å². The predicted octanol–water partition coefficient (Wildman–Crippen LogP) is 8.31. The van der Waals surface area contributed by atoms with E-state index in [4.69, 9.17) is 0 Å². The highest BCUT2D eigenvalue weighted by atomic mass is 79.9. The molecule has 218 valence electrons. The van der Waals surface area contributed by atoms with Crippen LogP contribution >= 0.6 is 51.1 Å². The van der Waals surface area contributed by atoms with Crippen molar-refractivity contribution in [1.29, 1.82) is 0 Å². The third kappa shape index (κ3) is 8.60. The minimum absolute atomic E-state index is 0.198. The van der Waals surface area contributed by atoms with Crippen molar-refractivity contribution in [1.82, 2.24) is 14.8 Å². The van der Waals surface area contributed by atoms with Gasteiger partial charge in [0.05, 0.1) is 14.5 Å². The fourth-order valence-electron chi connectivity index (χ4n) is 4.06. The molecule has 0 fully saturated rings.